The number of methoxy groups -OCH3 is 1. The molecule has 1 aliphatic heterocycles. The van der Waals surface area contributed by atoms with Gasteiger partial charge in [-0.15, -0.1) is 0 Å². The number of likely N-dealkylation sites (N-methyl/N-ethyl adjacent to an activating group) is 1. The first-order valence-corrected chi connectivity index (χ1v) is 13.2. The Morgan fingerprint density at radius 2 is 2.08 bits per heavy atom. The molecule has 0 unspecified atom stereocenters. The summed E-state index contributed by atoms with van der Waals surface area (Å²) >= 11 is 0. The van der Waals surface area contributed by atoms with Gasteiger partial charge in [-0.1, -0.05) is 30.9 Å². The lowest BCUT2D eigenvalue weighted by Crippen LogP contribution is -2.50. The topological polar surface area (TPSA) is 108 Å². The van der Waals surface area contributed by atoms with Crippen LogP contribution in [0.3, 0.4) is 0 Å². The number of anilines is 1. The molecule has 0 bridgehead atoms. The van der Waals surface area contributed by atoms with E-state index in [1.54, 1.807) is 32.2 Å². The van der Waals surface area contributed by atoms with Gasteiger partial charge in [0.25, 0.3) is 0 Å². The van der Waals surface area contributed by atoms with Crippen LogP contribution in [0.2, 0.25) is 0 Å². The van der Waals surface area contributed by atoms with Crippen LogP contribution < -0.4 is 10.1 Å². The number of ether oxygens (including phenoxy) is 2. The van der Waals surface area contributed by atoms with E-state index in [9.17, 15) is 22.7 Å². The minimum atomic E-state index is -4.00. The van der Waals surface area contributed by atoms with Crippen LogP contribution in [0.1, 0.15) is 19.4 Å². The highest BCUT2D eigenvalue weighted by atomic mass is 32.2. The van der Waals surface area contributed by atoms with E-state index in [-0.39, 0.29) is 48.6 Å². The van der Waals surface area contributed by atoms with Crippen molar-refractivity contribution in [3.05, 3.63) is 53.8 Å². The van der Waals surface area contributed by atoms with Crippen LogP contribution in [0.15, 0.2) is 47.4 Å². The number of fused-ring (bicyclic) bond motifs is 1. The average Bonchev–Trinajstić information content (AvgIpc) is 2.87. The molecular weight excluding hydrogens is 501 g/mol. The summed E-state index contributed by atoms with van der Waals surface area (Å²) in [4.78, 5) is 14.1. The molecule has 2 aromatic rings. The number of amides is 2. The van der Waals surface area contributed by atoms with E-state index >= 15 is 0 Å². The molecule has 0 aromatic heterocycles. The number of benzene rings is 2. The molecule has 0 saturated carbocycles. The fourth-order valence-electron chi connectivity index (χ4n) is 3.86. The first-order valence-electron chi connectivity index (χ1n) is 11.8. The molecule has 0 spiro atoms. The molecule has 2 amide bonds. The molecule has 200 valence electrons. The predicted octanol–water partition coefficient (Wildman–Crippen LogP) is 2.76. The largest absolute Gasteiger partial charge is 0.487 e. The standard InChI is InChI=1S/C26H32FN3O6S/c1-18-15-30(19(2)17-31)37(33,34)25-12-11-20(8-7-13-35-4)14-23(25)36-24(18)16-29(3)26(32)28-22-10-6-5-9-21(22)27/h5-6,9-12,14,18-19,24,31H,13,15-17H2,1-4H3,(H,28,32)/t18-,19+,24-/m0/s1. The average molecular weight is 534 g/mol. The molecule has 37 heavy (non-hydrogen) atoms. The third-order valence-electron chi connectivity index (χ3n) is 6.03. The van der Waals surface area contributed by atoms with Crippen LogP contribution >= 0.6 is 0 Å². The molecule has 3 rings (SSSR count). The molecule has 2 N–H and O–H groups in total. The number of para-hydroxylation sites is 1. The Kier molecular flexibility index (Phi) is 9.50. The third-order valence-corrected chi connectivity index (χ3v) is 8.05. The van der Waals surface area contributed by atoms with Gasteiger partial charge < -0.3 is 24.8 Å². The van der Waals surface area contributed by atoms with E-state index in [2.05, 4.69) is 17.2 Å². The second-order valence-electron chi connectivity index (χ2n) is 8.93. The predicted molar refractivity (Wildman–Crippen MR) is 137 cm³/mol. The SMILES string of the molecule is COCC#Cc1ccc2c(c1)O[C@@H](CN(C)C(=O)Nc1ccccc1F)[C@@H](C)CN([C@H](C)CO)S2(=O)=O. The van der Waals surface area contributed by atoms with E-state index < -0.39 is 34.0 Å². The number of nitrogens with one attached hydrogen (secondary N) is 1. The van der Waals surface area contributed by atoms with Gasteiger partial charge in [0, 0.05) is 38.2 Å². The fourth-order valence-corrected chi connectivity index (χ4v) is 5.68. The summed E-state index contributed by atoms with van der Waals surface area (Å²) in [5, 5.41) is 12.3. The van der Waals surface area contributed by atoms with Crippen molar-refractivity contribution in [3.63, 3.8) is 0 Å². The van der Waals surface area contributed by atoms with Crippen molar-refractivity contribution < 1.29 is 32.2 Å². The molecule has 0 saturated heterocycles. The number of halogens is 1. The molecule has 1 aliphatic rings. The minimum absolute atomic E-state index is 0.0460. The molecule has 9 nitrogen and oxygen atoms in total. The molecule has 0 fully saturated rings. The summed E-state index contributed by atoms with van der Waals surface area (Å²) in [6.45, 7) is 3.43. The minimum Gasteiger partial charge on any atom is -0.487 e. The summed E-state index contributed by atoms with van der Waals surface area (Å²) in [5.41, 5.74) is 0.579. The monoisotopic (exact) mass is 533 g/mol. The molecule has 0 radical (unpaired) electrons. The lowest BCUT2D eigenvalue weighted by Gasteiger charge is -2.37. The second kappa shape index (κ2) is 12.4. The van der Waals surface area contributed by atoms with Crippen molar-refractivity contribution >= 4 is 21.7 Å². The van der Waals surface area contributed by atoms with Gasteiger partial charge in [0.2, 0.25) is 10.0 Å². The quantitative estimate of drug-likeness (QED) is 0.553. The Bertz CT molecular complexity index is 1280. The molecule has 0 aliphatic carbocycles. The number of sulfonamides is 1. The Hall–Kier alpha value is -3.17. The first kappa shape index (κ1) is 28.4. The van der Waals surface area contributed by atoms with Crippen molar-refractivity contribution in [2.45, 2.75) is 30.9 Å². The summed E-state index contributed by atoms with van der Waals surface area (Å²) in [6.07, 6.45) is -0.624. The van der Waals surface area contributed by atoms with Crippen molar-refractivity contribution in [3.8, 4) is 17.6 Å². The summed E-state index contributed by atoms with van der Waals surface area (Å²) in [6, 6.07) is 9.17. The van der Waals surface area contributed by atoms with Crippen molar-refractivity contribution in [2.24, 2.45) is 5.92 Å². The van der Waals surface area contributed by atoms with Gasteiger partial charge in [-0.25, -0.2) is 17.6 Å². The smallest absolute Gasteiger partial charge is 0.321 e. The highest BCUT2D eigenvalue weighted by Crippen LogP contribution is 2.34. The maximum atomic E-state index is 14.0. The number of carbonyl (C=O) groups excluding carboxylic acids is 1. The third kappa shape index (κ3) is 6.78. The van der Waals surface area contributed by atoms with Crippen LogP contribution in [0.25, 0.3) is 0 Å². The highest BCUT2D eigenvalue weighted by molar-refractivity contribution is 7.89. The Morgan fingerprint density at radius 1 is 1.35 bits per heavy atom. The van der Waals surface area contributed by atoms with Gasteiger partial charge in [-0.05, 0) is 37.3 Å². The van der Waals surface area contributed by atoms with Gasteiger partial charge in [0.15, 0.2) is 0 Å². The molecule has 2 aromatic carbocycles. The molecular formula is C26H32FN3O6S. The van der Waals surface area contributed by atoms with E-state index in [0.717, 1.165) is 0 Å². The molecule has 3 atom stereocenters. The molecule has 1 heterocycles. The Labute approximate surface area is 217 Å². The number of urea groups is 1. The lowest BCUT2D eigenvalue weighted by atomic mass is 10.0. The van der Waals surface area contributed by atoms with Gasteiger partial charge in [-0.2, -0.15) is 4.31 Å². The number of aliphatic hydroxyl groups is 1. The lowest BCUT2D eigenvalue weighted by molar-refractivity contribution is 0.0830. The maximum absolute atomic E-state index is 14.0. The van der Waals surface area contributed by atoms with Gasteiger partial charge in [0.1, 0.15) is 29.2 Å². The van der Waals surface area contributed by atoms with Crippen LogP contribution in [0, 0.1) is 23.6 Å². The zero-order valence-corrected chi connectivity index (χ0v) is 22.1. The van der Waals surface area contributed by atoms with Crippen LogP contribution in [0.4, 0.5) is 14.9 Å². The number of hydrogen-bond donors (Lipinski definition) is 2. The zero-order chi connectivity index (χ0) is 27.2. The van der Waals surface area contributed by atoms with Crippen LogP contribution in [-0.4, -0.2) is 81.4 Å². The van der Waals surface area contributed by atoms with Crippen LogP contribution in [0.5, 0.6) is 5.75 Å². The number of aliphatic hydroxyl groups excluding tert-OH is 1. The van der Waals surface area contributed by atoms with E-state index in [1.807, 2.05) is 6.92 Å². The zero-order valence-electron chi connectivity index (χ0n) is 21.3. The summed E-state index contributed by atoms with van der Waals surface area (Å²) in [5.74, 6) is 4.90. The second-order valence-corrected chi connectivity index (χ2v) is 10.8. The highest BCUT2D eigenvalue weighted by Gasteiger charge is 2.38. The van der Waals surface area contributed by atoms with Crippen LogP contribution in [-0.2, 0) is 14.8 Å². The van der Waals surface area contributed by atoms with Gasteiger partial charge >= 0.3 is 6.03 Å². The van der Waals surface area contributed by atoms with E-state index in [4.69, 9.17) is 9.47 Å². The Balaban J connectivity index is 1.95. The number of rotatable bonds is 6. The number of hydrogen-bond acceptors (Lipinski definition) is 6. The number of nitrogens with zero attached hydrogens (tertiary/aromatic N) is 2. The van der Waals surface area contributed by atoms with Gasteiger partial charge in [0.05, 0.1) is 18.8 Å². The van der Waals surface area contributed by atoms with Crippen molar-refractivity contribution in [1.29, 1.82) is 0 Å². The van der Waals surface area contributed by atoms with Crippen molar-refractivity contribution in [1.82, 2.24) is 9.21 Å². The number of carbonyl (C=O) groups is 1. The van der Waals surface area contributed by atoms with Gasteiger partial charge in [-0.3, -0.25) is 0 Å². The first-order chi connectivity index (χ1) is 17.6. The Morgan fingerprint density at radius 3 is 2.76 bits per heavy atom. The fraction of sp³-hybridized carbons (Fsp3) is 0.423. The van der Waals surface area contributed by atoms with E-state index in [1.165, 1.54) is 40.6 Å². The molecule has 11 heteroatoms. The summed E-state index contributed by atoms with van der Waals surface area (Å²) in [7, 11) is -0.936. The summed E-state index contributed by atoms with van der Waals surface area (Å²) < 4.78 is 53.5. The normalized spacial score (nSPS) is 19.7. The van der Waals surface area contributed by atoms with Crippen molar-refractivity contribution in [2.75, 3.05) is 45.8 Å². The van der Waals surface area contributed by atoms with E-state index in [0.29, 0.717) is 5.56 Å². The maximum Gasteiger partial charge on any atom is 0.321 e.